The maximum absolute atomic E-state index is 11.6. The molecule has 5 nitrogen and oxygen atoms in total. The van der Waals surface area contributed by atoms with Gasteiger partial charge in [0.25, 0.3) is 0 Å². The van der Waals surface area contributed by atoms with Crippen LogP contribution in [0.4, 0.5) is 0 Å². The smallest absolute Gasteiger partial charge is 0.333 e. The maximum atomic E-state index is 11.6. The summed E-state index contributed by atoms with van der Waals surface area (Å²) in [5, 5.41) is 12.1. The summed E-state index contributed by atoms with van der Waals surface area (Å²) in [5.74, 6) is -0.605. The number of ether oxygens (including phenoxy) is 1. The number of carbonyl (C=O) groups is 2. The first-order chi connectivity index (χ1) is 10.6. The second-order valence-electron chi connectivity index (χ2n) is 5.86. The van der Waals surface area contributed by atoms with Gasteiger partial charge in [-0.05, 0) is 6.42 Å². The third-order valence-corrected chi connectivity index (χ3v) is 3.85. The number of hydrogen-bond donors (Lipinski definition) is 2. The largest absolute Gasteiger partial charge is 0.429 e. The van der Waals surface area contributed by atoms with Crippen LogP contribution in [0.5, 0.6) is 0 Å². The summed E-state index contributed by atoms with van der Waals surface area (Å²) in [5.41, 5.74) is 0.408. The molecule has 1 rings (SSSR count). The Morgan fingerprint density at radius 3 is 2.27 bits per heavy atom. The molecule has 0 saturated heterocycles. The average molecular weight is 311 g/mol. The number of rotatable bonds is 12. The molecule has 1 aliphatic heterocycles. The first kappa shape index (κ1) is 18.7. The van der Waals surface area contributed by atoms with Crippen molar-refractivity contribution in [2.45, 2.75) is 77.4 Å². The number of cyclic esters (lactones) is 1. The molecule has 0 aromatic carbocycles. The Hall–Kier alpha value is -1.36. The van der Waals surface area contributed by atoms with Crippen molar-refractivity contribution >= 4 is 11.9 Å². The number of hydrogen-bond acceptors (Lipinski definition) is 4. The number of carbonyl (C=O) groups excluding carboxylic acids is 2. The van der Waals surface area contributed by atoms with Crippen molar-refractivity contribution in [2.75, 3.05) is 6.54 Å². The maximum Gasteiger partial charge on any atom is 0.333 e. The Kier molecular flexibility index (Phi) is 9.55. The predicted octanol–water partition coefficient (Wildman–Crippen LogP) is 2.83. The zero-order valence-electron chi connectivity index (χ0n) is 13.6. The third kappa shape index (κ3) is 8.17. The van der Waals surface area contributed by atoms with Gasteiger partial charge in [-0.3, -0.25) is 4.79 Å². The minimum absolute atomic E-state index is 0.0459. The fourth-order valence-electron chi connectivity index (χ4n) is 2.47. The van der Waals surface area contributed by atoms with Crippen LogP contribution in [0.25, 0.3) is 0 Å². The normalized spacial score (nSPS) is 17.3. The van der Waals surface area contributed by atoms with Crippen molar-refractivity contribution in [3.63, 3.8) is 0 Å². The monoisotopic (exact) mass is 311 g/mol. The van der Waals surface area contributed by atoms with Crippen LogP contribution >= 0.6 is 0 Å². The van der Waals surface area contributed by atoms with E-state index in [9.17, 15) is 14.7 Å². The lowest BCUT2D eigenvalue weighted by atomic mass is 10.1. The van der Waals surface area contributed by atoms with Crippen LogP contribution in [0.15, 0.2) is 11.6 Å². The standard InChI is InChI=1S/C17H29NO4/c1-2-3-4-5-6-7-8-9-10-11-15(19)18-13-14-12-16(20)22-17(14)21/h12,17,21H,2-11,13H2,1H3,(H,18,19). The van der Waals surface area contributed by atoms with E-state index < -0.39 is 12.3 Å². The van der Waals surface area contributed by atoms with Crippen LogP contribution in [0, 0.1) is 0 Å². The fraction of sp³-hybridized carbons (Fsp3) is 0.765. The van der Waals surface area contributed by atoms with Crippen molar-refractivity contribution in [2.24, 2.45) is 0 Å². The molecule has 0 aromatic heterocycles. The van der Waals surface area contributed by atoms with E-state index in [0.717, 1.165) is 12.8 Å². The highest BCUT2D eigenvalue weighted by molar-refractivity contribution is 5.86. The molecule has 2 N–H and O–H groups in total. The molecular weight excluding hydrogens is 282 g/mol. The summed E-state index contributed by atoms with van der Waals surface area (Å²) in [6.45, 7) is 2.39. The van der Waals surface area contributed by atoms with Gasteiger partial charge in [0.15, 0.2) is 0 Å². The number of nitrogens with one attached hydrogen (secondary N) is 1. The number of aliphatic hydroxyl groups excluding tert-OH is 1. The highest BCUT2D eigenvalue weighted by atomic mass is 16.6. The molecule has 126 valence electrons. The van der Waals surface area contributed by atoms with Crippen molar-refractivity contribution in [3.05, 3.63) is 11.6 Å². The molecule has 1 atom stereocenters. The number of aliphatic hydroxyl groups is 1. The number of unbranched alkanes of at least 4 members (excludes halogenated alkanes) is 8. The van der Waals surface area contributed by atoms with Gasteiger partial charge >= 0.3 is 5.97 Å². The first-order valence-corrected chi connectivity index (χ1v) is 8.49. The number of esters is 1. The minimum atomic E-state index is -1.21. The second-order valence-corrected chi connectivity index (χ2v) is 5.86. The first-order valence-electron chi connectivity index (χ1n) is 8.49. The Balaban J connectivity index is 1.93. The quantitative estimate of drug-likeness (QED) is 0.429. The van der Waals surface area contributed by atoms with E-state index in [2.05, 4.69) is 17.0 Å². The van der Waals surface area contributed by atoms with Crippen molar-refractivity contribution in [1.29, 1.82) is 0 Å². The summed E-state index contributed by atoms with van der Waals surface area (Å²) in [7, 11) is 0. The molecule has 0 spiro atoms. The molecule has 0 aliphatic carbocycles. The summed E-state index contributed by atoms with van der Waals surface area (Å²) >= 11 is 0. The van der Waals surface area contributed by atoms with E-state index >= 15 is 0 Å². The molecule has 0 aromatic rings. The molecule has 0 radical (unpaired) electrons. The summed E-state index contributed by atoms with van der Waals surface area (Å²) in [6.07, 6.45) is 11.5. The Morgan fingerprint density at radius 1 is 1.14 bits per heavy atom. The third-order valence-electron chi connectivity index (χ3n) is 3.85. The molecule has 22 heavy (non-hydrogen) atoms. The van der Waals surface area contributed by atoms with E-state index in [-0.39, 0.29) is 12.5 Å². The SMILES string of the molecule is CCCCCCCCCCCC(=O)NCC1=CC(=O)OC1O. The van der Waals surface area contributed by atoms with Crippen molar-refractivity contribution < 1.29 is 19.4 Å². The van der Waals surface area contributed by atoms with Crippen LogP contribution in [0.3, 0.4) is 0 Å². The molecule has 1 aliphatic rings. The average Bonchev–Trinajstić information content (AvgIpc) is 2.81. The van der Waals surface area contributed by atoms with Gasteiger partial charge in [-0.25, -0.2) is 4.79 Å². The van der Waals surface area contributed by atoms with Gasteiger partial charge in [-0.15, -0.1) is 0 Å². The van der Waals surface area contributed by atoms with E-state index in [1.807, 2.05) is 0 Å². The highest BCUT2D eigenvalue weighted by Gasteiger charge is 2.23. The Bertz CT molecular complexity index is 379. The fourth-order valence-corrected chi connectivity index (χ4v) is 2.47. The van der Waals surface area contributed by atoms with Crippen molar-refractivity contribution in [1.82, 2.24) is 5.32 Å². The van der Waals surface area contributed by atoms with Gasteiger partial charge in [0, 0.05) is 24.6 Å². The Labute approximate surface area is 133 Å². The molecule has 0 bridgehead atoms. The van der Waals surface area contributed by atoms with Crippen LogP contribution in [0.2, 0.25) is 0 Å². The Morgan fingerprint density at radius 2 is 1.73 bits per heavy atom. The summed E-state index contributed by atoms with van der Waals surface area (Å²) < 4.78 is 4.54. The zero-order valence-corrected chi connectivity index (χ0v) is 13.6. The second kappa shape index (κ2) is 11.2. The lowest BCUT2D eigenvalue weighted by Gasteiger charge is -2.09. The highest BCUT2D eigenvalue weighted by Crippen LogP contribution is 2.12. The van der Waals surface area contributed by atoms with Gasteiger partial charge in [-0.2, -0.15) is 0 Å². The molecular formula is C17H29NO4. The molecule has 5 heteroatoms. The van der Waals surface area contributed by atoms with Crippen LogP contribution in [-0.4, -0.2) is 29.8 Å². The molecule has 0 saturated carbocycles. The zero-order chi connectivity index (χ0) is 16.2. The van der Waals surface area contributed by atoms with Gasteiger partial charge < -0.3 is 15.2 Å². The van der Waals surface area contributed by atoms with E-state index in [1.54, 1.807) is 0 Å². The molecule has 1 unspecified atom stereocenters. The topological polar surface area (TPSA) is 75.6 Å². The minimum Gasteiger partial charge on any atom is -0.429 e. The summed E-state index contributed by atoms with van der Waals surface area (Å²) in [6, 6.07) is 0. The lowest BCUT2D eigenvalue weighted by molar-refractivity contribution is -0.151. The van der Waals surface area contributed by atoms with Crippen LogP contribution < -0.4 is 5.32 Å². The summed E-state index contributed by atoms with van der Waals surface area (Å²) in [4.78, 5) is 22.5. The van der Waals surface area contributed by atoms with E-state index in [0.29, 0.717) is 12.0 Å². The molecule has 1 amide bonds. The van der Waals surface area contributed by atoms with Gasteiger partial charge in [0.2, 0.25) is 12.2 Å². The predicted molar refractivity (Wildman–Crippen MR) is 85.0 cm³/mol. The van der Waals surface area contributed by atoms with E-state index in [1.165, 1.54) is 51.0 Å². The molecule has 0 fully saturated rings. The van der Waals surface area contributed by atoms with Gasteiger partial charge in [0.1, 0.15) is 0 Å². The molecule has 1 heterocycles. The lowest BCUT2D eigenvalue weighted by Crippen LogP contribution is -2.28. The van der Waals surface area contributed by atoms with Crippen LogP contribution in [-0.2, 0) is 14.3 Å². The number of amides is 1. The van der Waals surface area contributed by atoms with Crippen LogP contribution in [0.1, 0.15) is 71.1 Å². The van der Waals surface area contributed by atoms with Crippen molar-refractivity contribution in [3.8, 4) is 0 Å². The van der Waals surface area contributed by atoms with E-state index in [4.69, 9.17) is 0 Å². The van der Waals surface area contributed by atoms with Gasteiger partial charge in [0.05, 0.1) is 0 Å². The van der Waals surface area contributed by atoms with Gasteiger partial charge in [-0.1, -0.05) is 58.3 Å².